The molecule has 4 heteroatoms. The van der Waals surface area contributed by atoms with Crippen LogP contribution in [0.3, 0.4) is 0 Å². The zero-order valence-corrected chi connectivity index (χ0v) is 31.1. The maximum absolute atomic E-state index is 6.87. The molecule has 0 heterocycles. The number of rotatable bonds is 3. The Bertz CT molecular complexity index is 2910. The highest BCUT2D eigenvalue weighted by molar-refractivity contribution is 9.11. The summed E-state index contributed by atoms with van der Waals surface area (Å²) >= 11 is 7.89. The molecule has 0 aliphatic heterocycles. The Morgan fingerprint density at radius 3 is 1.12 bits per heavy atom. The van der Waals surface area contributed by atoms with Gasteiger partial charge in [0.1, 0.15) is 0 Å². The Morgan fingerprint density at radius 1 is 0.327 bits per heavy atom. The van der Waals surface area contributed by atoms with E-state index in [4.69, 9.17) is 11.5 Å². The maximum atomic E-state index is 6.87. The van der Waals surface area contributed by atoms with Gasteiger partial charge in [-0.25, -0.2) is 0 Å². The monoisotopic (exact) mass is 792 g/mol. The van der Waals surface area contributed by atoms with Gasteiger partial charge in [-0.1, -0.05) is 129 Å². The molecule has 0 amide bonds. The first-order chi connectivity index (χ1) is 25.4. The van der Waals surface area contributed by atoms with E-state index in [0.29, 0.717) is 0 Å². The second kappa shape index (κ2) is 11.9. The first-order valence-electron chi connectivity index (χ1n) is 17.3. The molecule has 0 aliphatic rings. The molecule has 0 fully saturated rings. The van der Waals surface area contributed by atoms with Crippen LogP contribution in [-0.2, 0) is 0 Å². The summed E-state index contributed by atoms with van der Waals surface area (Å²) in [6.45, 7) is 0. The summed E-state index contributed by atoms with van der Waals surface area (Å²) in [6, 6.07) is 56.5. The molecule has 246 valence electrons. The smallest absolute Gasteiger partial charge is 0.0394 e. The standard InChI is InChI=1S/C48H30Br2N2/c49-41-17-13-27-9-11-35-21-29-5-1-3-7-31(29)23-37(35)45(27)47(41)39-25-33(15-19-43(39)51)34-16-20-44(52)40(26-34)48-42(50)18-14-28-10-12-36-22-30-6-2-4-8-32(30)24-38(36)46(28)48/h1-26H,51-52H2. The Kier molecular flexibility index (Phi) is 7.14. The lowest BCUT2D eigenvalue weighted by molar-refractivity contribution is 1.57. The van der Waals surface area contributed by atoms with Gasteiger partial charge in [0.05, 0.1) is 0 Å². The molecule has 0 radical (unpaired) electrons. The molecule has 0 bridgehead atoms. The molecule has 10 rings (SSSR count). The normalized spacial score (nSPS) is 11.8. The fraction of sp³-hybridized carbons (Fsp3) is 0. The number of fused-ring (bicyclic) bond motifs is 8. The van der Waals surface area contributed by atoms with E-state index in [1.54, 1.807) is 0 Å². The van der Waals surface area contributed by atoms with Crippen LogP contribution in [0.5, 0.6) is 0 Å². The average molecular weight is 795 g/mol. The van der Waals surface area contributed by atoms with Crippen molar-refractivity contribution >= 4 is 108 Å². The van der Waals surface area contributed by atoms with Gasteiger partial charge in [-0.2, -0.15) is 0 Å². The largest absolute Gasteiger partial charge is 0.398 e. The van der Waals surface area contributed by atoms with Crippen LogP contribution in [0.1, 0.15) is 0 Å². The van der Waals surface area contributed by atoms with Gasteiger partial charge >= 0.3 is 0 Å². The van der Waals surface area contributed by atoms with Gasteiger partial charge < -0.3 is 11.5 Å². The van der Waals surface area contributed by atoms with Crippen molar-refractivity contribution in [1.29, 1.82) is 0 Å². The van der Waals surface area contributed by atoms with Crippen molar-refractivity contribution in [3.8, 4) is 33.4 Å². The molecule has 4 N–H and O–H groups in total. The summed E-state index contributed by atoms with van der Waals surface area (Å²) in [4.78, 5) is 0. The van der Waals surface area contributed by atoms with Crippen molar-refractivity contribution in [3.05, 3.63) is 167 Å². The molecule has 52 heavy (non-hydrogen) atoms. The summed E-state index contributed by atoms with van der Waals surface area (Å²) in [7, 11) is 0. The fourth-order valence-corrected chi connectivity index (χ4v) is 9.15. The van der Waals surface area contributed by atoms with Crippen LogP contribution in [0.25, 0.3) is 98.0 Å². The minimum Gasteiger partial charge on any atom is -0.398 e. The van der Waals surface area contributed by atoms with Crippen molar-refractivity contribution in [2.45, 2.75) is 0 Å². The van der Waals surface area contributed by atoms with Crippen LogP contribution in [-0.4, -0.2) is 0 Å². The molecular formula is C48H30Br2N2. The number of anilines is 2. The number of hydrogen-bond donors (Lipinski definition) is 2. The van der Waals surface area contributed by atoms with Crippen LogP contribution in [0.2, 0.25) is 0 Å². The molecule has 0 saturated heterocycles. The van der Waals surface area contributed by atoms with Crippen molar-refractivity contribution in [3.63, 3.8) is 0 Å². The molecule has 0 spiro atoms. The lowest BCUT2D eigenvalue weighted by Crippen LogP contribution is -1.96. The van der Waals surface area contributed by atoms with E-state index in [9.17, 15) is 0 Å². The summed E-state index contributed by atoms with van der Waals surface area (Å²) < 4.78 is 2.00. The van der Waals surface area contributed by atoms with Gasteiger partial charge in [0.2, 0.25) is 0 Å². The van der Waals surface area contributed by atoms with Gasteiger partial charge in [0, 0.05) is 42.6 Å². The molecule has 0 atom stereocenters. The maximum Gasteiger partial charge on any atom is 0.0394 e. The highest BCUT2D eigenvalue weighted by atomic mass is 79.9. The van der Waals surface area contributed by atoms with E-state index in [-0.39, 0.29) is 0 Å². The molecule has 10 aromatic carbocycles. The minimum atomic E-state index is 0.723. The number of nitrogens with two attached hydrogens (primary N) is 2. The lowest BCUT2D eigenvalue weighted by Gasteiger charge is -2.18. The highest BCUT2D eigenvalue weighted by Gasteiger charge is 2.19. The van der Waals surface area contributed by atoms with Crippen molar-refractivity contribution < 1.29 is 0 Å². The Hall–Kier alpha value is -5.68. The summed E-state index contributed by atoms with van der Waals surface area (Å²) in [5.41, 5.74) is 21.4. The lowest BCUT2D eigenvalue weighted by atomic mass is 9.89. The van der Waals surface area contributed by atoms with E-state index in [2.05, 4.69) is 177 Å². The van der Waals surface area contributed by atoms with Gasteiger partial charge in [-0.15, -0.1) is 0 Å². The van der Waals surface area contributed by atoms with E-state index >= 15 is 0 Å². The van der Waals surface area contributed by atoms with Crippen LogP contribution in [0.15, 0.2) is 167 Å². The van der Waals surface area contributed by atoms with Gasteiger partial charge in [0.15, 0.2) is 0 Å². The summed E-state index contributed by atoms with van der Waals surface area (Å²) in [5, 5.41) is 14.4. The highest BCUT2D eigenvalue weighted by Crippen LogP contribution is 2.46. The van der Waals surface area contributed by atoms with Crippen molar-refractivity contribution in [2.24, 2.45) is 0 Å². The van der Waals surface area contributed by atoms with E-state index in [1.165, 1.54) is 64.6 Å². The first-order valence-corrected chi connectivity index (χ1v) is 18.9. The van der Waals surface area contributed by atoms with Crippen LogP contribution in [0, 0.1) is 0 Å². The number of halogens is 2. The van der Waals surface area contributed by atoms with Gasteiger partial charge in [-0.3, -0.25) is 0 Å². The van der Waals surface area contributed by atoms with E-state index < -0.39 is 0 Å². The molecule has 0 aromatic heterocycles. The SMILES string of the molecule is Nc1ccc(-c2ccc(N)c(-c3c(Br)ccc4ccc5cc6ccccc6cc5c34)c2)cc1-c1c(Br)ccc2ccc3cc4ccccc4cc3c12. The Labute approximate surface area is 317 Å². The number of nitrogen functional groups attached to an aromatic ring is 2. The molecule has 10 aromatic rings. The first kappa shape index (κ1) is 31.1. The summed E-state index contributed by atoms with van der Waals surface area (Å²) in [6.07, 6.45) is 0. The quantitative estimate of drug-likeness (QED) is 0.106. The summed E-state index contributed by atoms with van der Waals surface area (Å²) in [5.74, 6) is 0. The molecule has 0 unspecified atom stereocenters. The zero-order valence-electron chi connectivity index (χ0n) is 27.9. The second-order valence-electron chi connectivity index (χ2n) is 13.6. The second-order valence-corrected chi connectivity index (χ2v) is 15.3. The third kappa shape index (κ3) is 4.90. The topological polar surface area (TPSA) is 52.0 Å². The predicted molar refractivity (Wildman–Crippen MR) is 232 cm³/mol. The molecule has 0 aliphatic carbocycles. The van der Waals surface area contributed by atoms with Gasteiger partial charge in [0.25, 0.3) is 0 Å². The van der Waals surface area contributed by atoms with Crippen molar-refractivity contribution in [2.75, 3.05) is 11.5 Å². The molecule has 2 nitrogen and oxygen atoms in total. The third-order valence-corrected chi connectivity index (χ3v) is 11.9. The van der Waals surface area contributed by atoms with E-state index in [0.717, 1.165) is 53.7 Å². The third-order valence-electron chi connectivity index (χ3n) is 10.6. The number of benzene rings is 10. The zero-order chi connectivity index (χ0) is 35.1. The molecular weight excluding hydrogens is 764 g/mol. The van der Waals surface area contributed by atoms with Crippen LogP contribution in [0.4, 0.5) is 11.4 Å². The van der Waals surface area contributed by atoms with Crippen LogP contribution < -0.4 is 11.5 Å². The molecule has 0 saturated carbocycles. The fourth-order valence-electron chi connectivity index (χ4n) is 8.06. The Balaban J connectivity index is 1.19. The van der Waals surface area contributed by atoms with E-state index in [1.807, 2.05) is 12.1 Å². The average Bonchev–Trinajstić information content (AvgIpc) is 3.17. The van der Waals surface area contributed by atoms with Crippen LogP contribution >= 0.6 is 31.9 Å². The number of hydrogen-bond acceptors (Lipinski definition) is 2. The predicted octanol–water partition coefficient (Wildman–Crippen LogP) is 14.3. The van der Waals surface area contributed by atoms with Gasteiger partial charge in [-0.05, 0) is 136 Å². The Morgan fingerprint density at radius 2 is 0.692 bits per heavy atom. The minimum absolute atomic E-state index is 0.723. The van der Waals surface area contributed by atoms with Crippen molar-refractivity contribution in [1.82, 2.24) is 0 Å².